The number of hydrogen-bond acceptors (Lipinski definition) is 5. The summed E-state index contributed by atoms with van der Waals surface area (Å²) in [6.45, 7) is 0.802. The molecule has 0 aliphatic rings. The van der Waals surface area contributed by atoms with Gasteiger partial charge in [0.1, 0.15) is 0 Å². The first-order valence-electron chi connectivity index (χ1n) is 5.43. The van der Waals surface area contributed by atoms with Gasteiger partial charge in [0.2, 0.25) is 0 Å². The molecule has 0 saturated carbocycles. The molecular weight excluding hydrogens is 295 g/mol. The number of rotatable bonds is 4. The summed E-state index contributed by atoms with van der Waals surface area (Å²) in [7, 11) is 0. The van der Waals surface area contributed by atoms with E-state index >= 15 is 0 Å². The second-order valence-electron chi connectivity index (χ2n) is 3.54. The molecule has 108 valence electrons. The van der Waals surface area contributed by atoms with Crippen LogP contribution in [-0.4, -0.2) is 23.2 Å². The number of carbonyl (C=O) groups excluding carboxylic acids is 1. The Morgan fingerprint density at radius 2 is 2.15 bits per heavy atom. The van der Waals surface area contributed by atoms with E-state index in [1.807, 2.05) is 0 Å². The summed E-state index contributed by atoms with van der Waals surface area (Å²) in [6, 6.07) is 3.75. The van der Waals surface area contributed by atoms with Gasteiger partial charge >= 0.3 is 11.5 Å². The average molecular weight is 305 g/mol. The minimum atomic E-state index is -4.59. The number of carbonyl (C=O) groups is 1. The predicted octanol–water partition coefficient (Wildman–Crippen LogP) is 2.84. The molecule has 1 rings (SSSR count). The molecule has 0 radical (unpaired) electrons. The van der Waals surface area contributed by atoms with Gasteiger partial charge in [-0.2, -0.15) is 18.4 Å². The lowest BCUT2D eigenvalue weighted by molar-refractivity contribution is -0.0328. The molecule has 1 N–H and O–H groups in total. The minimum Gasteiger partial charge on any atom is -0.462 e. The number of nitrogens with zero attached hydrogens (tertiary/aromatic N) is 1. The number of aliphatic hydroxyl groups is 1. The average Bonchev–Trinajstić information content (AvgIpc) is 2.36. The second kappa shape index (κ2) is 6.63. The van der Waals surface area contributed by atoms with Crippen molar-refractivity contribution in [1.82, 2.24) is 0 Å². The lowest BCUT2D eigenvalue weighted by atomic mass is 10.0. The number of aliphatic hydroxyl groups excluding tert-OH is 1. The number of nitriles is 1. The third kappa shape index (κ3) is 4.15. The Hall–Kier alpha value is -1.72. The van der Waals surface area contributed by atoms with E-state index in [1.54, 1.807) is 6.07 Å². The van der Waals surface area contributed by atoms with Crippen molar-refractivity contribution in [2.45, 2.75) is 23.9 Å². The van der Waals surface area contributed by atoms with E-state index in [-0.39, 0.29) is 28.2 Å². The zero-order chi connectivity index (χ0) is 15.3. The van der Waals surface area contributed by atoms with E-state index in [0.717, 1.165) is 12.1 Å². The fourth-order valence-corrected chi connectivity index (χ4v) is 2.21. The molecule has 0 aromatic heterocycles. The monoisotopic (exact) mass is 305 g/mol. The maximum absolute atomic E-state index is 12.5. The molecule has 0 aliphatic carbocycles. The van der Waals surface area contributed by atoms with Gasteiger partial charge in [-0.3, -0.25) is 0 Å². The van der Waals surface area contributed by atoms with Crippen molar-refractivity contribution in [3.05, 3.63) is 28.8 Å². The van der Waals surface area contributed by atoms with Crippen LogP contribution in [0, 0.1) is 11.3 Å². The fraction of sp³-hybridized carbons (Fsp3) is 0.333. The molecule has 0 amide bonds. The first-order chi connectivity index (χ1) is 9.32. The Labute approximate surface area is 117 Å². The van der Waals surface area contributed by atoms with Crippen LogP contribution < -0.4 is 0 Å². The number of hydrogen-bond donors (Lipinski definition) is 1. The molecule has 0 aliphatic heterocycles. The highest BCUT2D eigenvalue weighted by Gasteiger charge is 2.32. The third-order valence-electron chi connectivity index (χ3n) is 2.22. The van der Waals surface area contributed by atoms with Crippen LogP contribution in [0.5, 0.6) is 0 Å². The quantitative estimate of drug-likeness (QED) is 0.684. The molecule has 8 heteroatoms. The normalized spacial score (nSPS) is 11.0. The van der Waals surface area contributed by atoms with E-state index in [4.69, 9.17) is 10.00 Å². The van der Waals surface area contributed by atoms with Gasteiger partial charge in [-0.25, -0.2) is 4.79 Å². The zero-order valence-electron chi connectivity index (χ0n) is 10.3. The lowest BCUT2D eigenvalue weighted by Crippen LogP contribution is -2.11. The van der Waals surface area contributed by atoms with Crippen LogP contribution >= 0.6 is 11.8 Å². The van der Waals surface area contributed by atoms with Crippen LogP contribution in [0.4, 0.5) is 13.2 Å². The highest BCUT2D eigenvalue weighted by atomic mass is 32.2. The lowest BCUT2D eigenvalue weighted by Gasteiger charge is -2.14. The first kappa shape index (κ1) is 16.3. The molecule has 1 aromatic rings. The van der Waals surface area contributed by atoms with Crippen molar-refractivity contribution in [3.63, 3.8) is 0 Å². The molecule has 0 bridgehead atoms. The smallest absolute Gasteiger partial charge is 0.446 e. The Balaban J connectivity index is 3.39. The van der Waals surface area contributed by atoms with Crippen molar-refractivity contribution in [1.29, 1.82) is 5.26 Å². The number of halogens is 3. The Kier molecular flexibility index (Phi) is 5.42. The van der Waals surface area contributed by atoms with Crippen molar-refractivity contribution in [2.75, 3.05) is 6.61 Å². The van der Waals surface area contributed by atoms with Gasteiger partial charge in [0.05, 0.1) is 30.4 Å². The van der Waals surface area contributed by atoms with Gasteiger partial charge in [0.15, 0.2) is 0 Å². The number of benzene rings is 1. The molecule has 4 nitrogen and oxygen atoms in total. The van der Waals surface area contributed by atoms with Gasteiger partial charge in [-0.15, -0.1) is 0 Å². The van der Waals surface area contributed by atoms with Crippen LogP contribution in [0.3, 0.4) is 0 Å². The minimum absolute atomic E-state index is 0.0300. The summed E-state index contributed by atoms with van der Waals surface area (Å²) in [5, 5.41) is 18.0. The molecule has 0 unspecified atom stereocenters. The summed E-state index contributed by atoms with van der Waals surface area (Å²) in [6.07, 6.45) is 0. The molecule has 0 heterocycles. The maximum Gasteiger partial charge on any atom is 0.446 e. The number of alkyl halides is 3. The third-order valence-corrected chi connectivity index (χ3v) is 3.03. The van der Waals surface area contributed by atoms with Crippen molar-refractivity contribution < 1.29 is 27.8 Å². The second-order valence-corrected chi connectivity index (χ2v) is 4.65. The van der Waals surface area contributed by atoms with Crippen LogP contribution in [0.1, 0.15) is 28.4 Å². The van der Waals surface area contributed by atoms with Crippen LogP contribution in [0.15, 0.2) is 17.0 Å². The SMILES string of the molecule is CCOC(=O)c1cc(C#N)cc(SC(F)(F)F)c1CO. The summed E-state index contributed by atoms with van der Waals surface area (Å²) in [5.74, 6) is -0.877. The molecule has 1 aromatic carbocycles. The fourth-order valence-electron chi connectivity index (χ4n) is 1.48. The van der Waals surface area contributed by atoms with Gasteiger partial charge in [0, 0.05) is 10.5 Å². The molecular formula is C12H10F3NO3S. The first-order valence-corrected chi connectivity index (χ1v) is 6.24. The van der Waals surface area contributed by atoms with Gasteiger partial charge in [-0.1, -0.05) is 0 Å². The Morgan fingerprint density at radius 1 is 1.50 bits per heavy atom. The van der Waals surface area contributed by atoms with Crippen LogP contribution in [-0.2, 0) is 11.3 Å². The van der Waals surface area contributed by atoms with Gasteiger partial charge in [0.25, 0.3) is 0 Å². The van der Waals surface area contributed by atoms with Gasteiger partial charge < -0.3 is 9.84 Å². The summed E-state index contributed by atoms with van der Waals surface area (Å²) in [5.41, 5.74) is -5.15. The number of esters is 1. The summed E-state index contributed by atoms with van der Waals surface area (Å²) >= 11 is -0.488. The Morgan fingerprint density at radius 3 is 2.60 bits per heavy atom. The van der Waals surface area contributed by atoms with Crippen LogP contribution in [0.2, 0.25) is 0 Å². The highest BCUT2D eigenvalue weighted by molar-refractivity contribution is 8.00. The van der Waals surface area contributed by atoms with E-state index in [1.165, 1.54) is 6.92 Å². The molecule has 0 atom stereocenters. The molecule has 0 fully saturated rings. The van der Waals surface area contributed by atoms with Crippen molar-refractivity contribution in [2.24, 2.45) is 0 Å². The van der Waals surface area contributed by atoms with E-state index in [0.29, 0.717) is 0 Å². The zero-order valence-corrected chi connectivity index (χ0v) is 11.1. The van der Waals surface area contributed by atoms with Crippen LogP contribution in [0.25, 0.3) is 0 Å². The molecule has 0 saturated heterocycles. The standard InChI is InChI=1S/C12H10F3NO3S/c1-2-19-11(18)8-3-7(5-16)4-10(9(8)6-17)20-12(13,14)15/h3-4,17H,2,6H2,1H3. The number of ether oxygens (including phenoxy) is 1. The van der Waals surface area contributed by atoms with Crippen molar-refractivity contribution >= 4 is 17.7 Å². The molecule has 0 spiro atoms. The van der Waals surface area contributed by atoms with E-state index < -0.39 is 29.8 Å². The molecule has 20 heavy (non-hydrogen) atoms. The van der Waals surface area contributed by atoms with Crippen molar-refractivity contribution in [3.8, 4) is 6.07 Å². The largest absolute Gasteiger partial charge is 0.462 e. The highest BCUT2D eigenvalue weighted by Crippen LogP contribution is 2.40. The maximum atomic E-state index is 12.5. The van der Waals surface area contributed by atoms with E-state index in [9.17, 15) is 23.1 Å². The summed E-state index contributed by atoms with van der Waals surface area (Å²) in [4.78, 5) is 11.3. The summed E-state index contributed by atoms with van der Waals surface area (Å²) < 4.78 is 42.1. The van der Waals surface area contributed by atoms with Gasteiger partial charge in [-0.05, 0) is 30.8 Å². The Bertz CT molecular complexity index is 552. The number of thioether (sulfide) groups is 1. The topological polar surface area (TPSA) is 70.3 Å². The predicted molar refractivity (Wildman–Crippen MR) is 64.9 cm³/mol. The van der Waals surface area contributed by atoms with E-state index in [2.05, 4.69) is 0 Å².